The number of carbonyl (C=O) groups excluding carboxylic acids is 2. The number of nitrogens with one attached hydrogen (secondary N) is 1. The highest BCUT2D eigenvalue weighted by atomic mass is 35.5. The van der Waals surface area contributed by atoms with E-state index < -0.39 is 24.3 Å². The molecule has 1 N–H and O–H groups in total. The summed E-state index contributed by atoms with van der Waals surface area (Å²) in [5.41, 5.74) is 1.47. The van der Waals surface area contributed by atoms with Crippen LogP contribution in [0, 0.1) is 5.82 Å². The van der Waals surface area contributed by atoms with Gasteiger partial charge in [0, 0.05) is 5.69 Å². The Morgan fingerprint density at radius 1 is 1.17 bits per heavy atom. The van der Waals surface area contributed by atoms with Gasteiger partial charge in [-0.05, 0) is 36.2 Å². The number of anilines is 1. The topological polar surface area (TPSA) is 55.4 Å². The third-order valence-electron chi connectivity index (χ3n) is 3.18. The molecule has 0 fully saturated rings. The molecule has 0 aliphatic rings. The van der Waals surface area contributed by atoms with Crippen LogP contribution in [0.25, 0.3) is 0 Å². The van der Waals surface area contributed by atoms with Gasteiger partial charge in [0.05, 0.1) is 15.6 Å². The number of halogens is 3. The summed E-state index contributed by atoms with van der Waals surface area (Å²) in [6.45, 7) is 1.48. The molecule has 0 aliphatic carbocycles. The van der Waals surface area contributed by atoms with Crippen molar-refractivity contribution >= 4 is 40.8 Å². The van der Waals surface area contributed by atoms with Crippen molar-refractivity contribution in [3.63, 3.8) is 0 Å². The zero-order valence-electron chi connectivity index (χ0n) is 12.7. The predicted molar refractivity (Wildman–Crippen MR) is 91.2 cm³/mol. The first kappa shape index (κ1) is 18.2. The van der Waals surface area contributed by atoms with Gasteiger partial charge in [-0.3, -0.25) is 4.79 Å². The molecule has 2 aromatic rings. The molecule has 0 radical (unpaired) electrons. The van der Waals surface area contributed by atoms with Gasteiger partial charge in [0.25, 0.3) is 5.91 Å². The number of amides is 1. The Labute approximate surface area is 148 Å². The maximum Gasteiger partial charge on any atom is 0.340 e. The summed E-state index contributed by atoms with van der Waals surface area (Å²) in [6, 6.07) is 9.28. The summed E-state index contributed by atoms with van der Waals surface area (Å²) < 4.78 is 18.2. The molecule has 0 bridgehead atoms. The van der Waals surface area contributed by atoms with Crippen molar-refractivity contribution in [3.05, 3.63) is 63.4 Å². The van der Waals surface area contributed by atoms with E-state index in [0.29, 0.717) is 5.69 Å². The monoisotopic (exact) mass is 369 g/mol. The summed E-state index contributed by atoms with van der Waals surface area (Å²) in [7, 11) is 0. The highest BCUT2D eigenvalue weighted by Gasteiger charge is 2.17. The first-order chi connectivity index (χ1) is 11.4. The minimum atomic E-state index is -0.909. The third kappa shape index (κ3) is 4.69. The quantitative estimate of drug-likeness (QED) is 0.623. The number of hydrogen-bond donors (Lipinski definition) is 1. The second-order valence-electron chi connectivity index (χ2n) is 4.92. The van der Waals surface area contributed by atoms with Crippen LogP contribution in [0.5, 0.6) is 0 Å². The Morgan fingerprint density at radius 3 is 2.62 bits per heavy atom. The summed E-state index contributed by atoms with van der Waals surface area (Å²) >= 11 is 11.4. The summed E-state index contributed by atoms with van der Waals surface area (Å²) in [4.78, 5) is 23.7. The molecule has 126 valence electrons. The van der Waals surface area contributed by atoms with Crippen molar-refractivity contribution in [1.29, 1.82) is 0 Å². The Bertz CT molecular complexity index is 780. The lowest BCUT2D eigenvalue weighted by Crippen LogP contribution is -2.21. The third-order valence-corrected chi connectivity index (χ3v) is 3.79. The van der Waals surface area contributed by atoms with E-state index in [1.165, 1.54) is 0 Å². The molecule has 0 aromatic heterocycles. The Kier molecular flexibility index (Phi) is 6.17. The average Bonchev–Trinajstić information content (AvgIpc) is 2.56. The van der Waals surface area contributed by atoms with Crippen LogP contribution in [-0.2, 0) is 16.0 Å². The van der Waals surface area contributed by atoms with Crippen molar-refractivity contribution in [1.82, 2.24) is 0 Å². The second kappa shape index (κ2) is 8.13. The maximum absolute atomic E-state index is 13.4. The molecule has 1 amide bonds. The van der Waals surface area contributed by atoms with E-state index in [0.717, 1.165) is 24.1 Å². The normalized spacial score (nSPS) is 10.3. The minimum Gasteiger partial charge on any atom is -0.452 e. The first-order valence-corrected chi connectivity index (χ1v) is 7.86. The Morgan fingerprint density at radius 2 is 1.92 bits per heavy atom. The van der Waals surface area contributed by atoms with Crippen LogP contribution in [0.4, 0.5) is 10.1 Å². The van der Waals surface area contributed by atoms with Crippen LogP contribution in [0.15, 0.2) is 36.4 Å². The van der Waals surface area contributed by atoms with Crippen LogP contribution in [0.1, 0.15) is 22.8 Å². The molecule has 0 saturated carbocycles. The van der Waals surface area contributed by atoms with E-state index in [1.807, 2.05) is 25.1 Å². The molecular formula is C17H14Cl2FNO3. The highest BCUT2D eigenvalue weighted by Crippen LogP contribution is 2.24. The average molecular weight is 370 g/mol. The van der Waals surface area contributed by atoms with Crippen molar-refractivity contribution in [2.45, 2.75) is 13.3 Å². The number of ether oxygens (including phenoxy) is 1. The van der Waals surface area contributed by atoms with Crippen molar-refractivity contribution in [2.75, 3.05) is 11.9 Å². The smallest absolute Gasteiger partial charge is 0.340 e. The fourth-order valence-electron chi connectivity index (χ4n) is 1.95. The zero-order chi connectivity index (χ0) is 17.7. The van der Waals surface area contributed by atoms with Crippen molar-refractivity contribution in [2.24, 2.45) is 0 Å². The molecule has 4 nitrogen and oxygen atoms in total. The molecule has 0 atom stereocenters. The molecular weight excluding hydrogens is 356 g/mol. The SMILES string of the molecule is CCc1cccc(NC(=O)COC(=O)c2cc(F)c(Cl)cc2Cl)c1. The Hall–Kier alpha value is -2.11. The van der Waals surface area contributed by atoms with Gasteiger partial charge in [-0.2, -0.15) is 0 Å². The fourth-order valence-corrected chi connectivity index (χ4v) is 2.41. The summed E-state index contributed by atoms with van der Waals surface area (Å²) in [5.74, 6) is -2.22. The zero-order valence-corrected chi connectivity index (χ0v) is 14.2. The number of esters is 1. The number of carbonyl (C=O) groups is 2. The van der Waals surface area contributed by atoms with Crippen LogP contribution >= 0.6 is 23.2 Å². The van der Waals surface area contributed by atoms with Gasteiger partial charge < -0.3 is 10.1 Å². The molecule has 7 heteroatoms. The van der Waals surface area contributed by atoms with E-state index in [1.54, 1.807) is 6.07 Å². The lowest BCUT2D eigenvalue weighted by molar-refractivity contribution is -0.119. The van der Waals surface area contributed by atoms with Crippen LogP contribution in [0.3, 0.4) is 0 Å². The van der Waals surface area contributed by atoms with Crippen LogP contribution < -0.4 is 5.32 Å². The lowest BCUT2D eigenvalue weighted by Gasteiger charge is -2.09. The fraction of sp³-hybridized carbons (Fsp3) is 0.176. The summed E-state index contributed by atoms with van der Waals surface area (Å²) in [6.07, 6.45) is 0.833. The van der Waals surface area contributed by atoms with Crippen LogP contribution in [0.2, 0.25) is 10.0 Å². The van der Waals surface area contributed by atoms with Gasteiger partial charge in [-0.15, -0.1) is 0 Å². The molecule has 0 saturated heterocycles. The standard InChI is InChI=1S/C17H14Cl2FNO3/c1-2-10-4-3-5-11(6-10)21-16(22)9-24-17(23)12-7-15(20)14(19)8-13(12)18/h3-8H,2,9H2,1H3,(H,21,22). The van der Waals surface area contributed by atoms with Gasteiger partial charge in [0.15, 0.2) is 6.61 Å². The maximum atomic E-state index is 13.4. The molecule has 0 spiro atoms. The molecule has 2 aromatic carbocycles. The van der Waals surface area contributed by atoms with Crippen molar-refractivity contribution < 1.29 is 18.7 Å². The predicted octanol–water partition coefficient (Wildman–Crippen LogP) is 4.49. The first-order valence-electron chi connectivity index (χ1n) is 7.11. The van der Waals surface area contributed by atoms with Gasteiger partial charge in [-0.1, -0.05) is 42.3 Å². The minimum absolute atomic E-state index is 0.0533. The number of rotatable bonds is 5. The number of benzene rings is 2. The molecule has 0 aliphatic heterocycles. The molecule has 0 unspecified atom stereocenters. The van der Waals surface area contributed by atoms with E-state index in [9.17, 15) is 14.0 Å². The second-order valence-corrected chi connectivity index (χ2v) is 5.74. The lowest BCUT2D eigenvalue weighted by atomic mass is 10.1. The molecule has 24 heavy (non-hydrogen) atoms. The molecule has 0 heterocycles. The van der Waals surface area contributed by atoms with E-state index in [-0.39, 0.29) is 15.6 Å². The Balaban J connectivity index is 1.96. The van der Waals surface area contributed by atoms with Gasteiger partial charge in [0.2, 0.25) is 0 Å². The van der Waals surface area contributed by atoms with Gasteiger partial charge in [-0.25, -0.2) is 9.18 Å². The number of hydrogen-bond acceptors (Lipinski definition) is 3. The van der Waals surface area contributed by atoms with E-state index in [4.69, 9.17) is 27.9 Å². The summed E-state index contributed by atoms with van der Waals surface area (Å²) in [5, 5.41) is 2.36. The van der Waals surface area contributed by atoms with Gasteiger partial charge >= 0.3 is 5.97 Å². The largest absolute Gasteiger partial charge is 0.452 e. The molecule has 2 rings (SSSR count). The van der Waals surface area contributed by atoms with E-state index >= 15 is 0 Å². The number of aryl methyl sites for hydroxylation is 1. The highest BCUT2D eigenvalue weighted by molar-refractivity contribution is 6.36. The van der Waals surface area contributed by atoms with E-state index in [2.05, 4.69) is 5.32 Å². The van der Waals surface area contributed by atoms with Crippen LogP contribution in [-0.4, -0.2) is 18.5 Å². The van der Waals surface area contributed by atoms with Crippen molar-refractivity contribution in [3.8, 4) is 0 Å². The van der Waals surface area contributed by atoms with Gasteiger partial charge in [0.1, 0.15) is 5.82 Å².